The van der Waals surface area contributed by atoms with Gasteiger partial charge in [-0.15, -0.1) is 0 Å². The van der Waals surface area contributed by atoms with Crippen molar-refractivity contribution < 1.29 is 9.21 Å². The number of fused-ring (bicyclic) bond motifs is 1. The number of aromatic nitrogens is 3. The highest BCUT2D eigenvalue weighted by Gasteiger charge is 2.08. The van der Waals surface area contributed by atoms with E-state index in [2.05, 4.69) is 15.4 Å². The van der Waals surface area contributed by atoms with Crippen molar-refractivity contribution in [3.05, 3.63) is 72.4 Å². The molecule has 2 heterocycles. The topological polar surface area (TPSA) is 73.0 Å². The third-order valence-corrected chi connectivity index (χ3v) is 4.32. The maximum absolute atomic E-state index is 12.3. The molecule has 1 amide bonds. The van der Waals surface area contributed by atoms with Crippen LogP contribution in [0.2, 0.25) is 0 Å². The largest absolute Gasteiger partial charge is 0.441 e. The molecule has 6 heteroatoms. The average Bonchev–Trinajstić information content (AvgIpc) is 3.33. The molecule has 6 nitrogen and oxygen atoms in total. The van der Waals surface area contributed by atoms with Crippen LogP contribution in [-0.4, -0.2) is 20.7 Å². The van der Waals surface area contributed by atoms with E-state index < -0.39 is 0 Å². The van der Waals surface area contributed by atoms with E-state index in [4.69, 9.17) is 4.42 Å². The molecular weight excluding hydrogens is 340 g/mol. The van der Waals surface area contributed by atoms with E-state index in [1.165, 1.54) is 0 Å². The summed E-state index contributed by atoms with van der Waals surface area (Å²) in [6.07, 6.45) is 5.51. The number of hydrogen-bond acceptors (Lipinski definition) is 4. The molecule has 1 N–H and O–H groups in total. The molecule has 2 aromatic carbocycles. The van der Waals surface area contributed by atoms with Crippen LogP contribution in [0.1, 0.15) is 24.8 Å². The molecule has 4 rings (SSSR count). The number of oxazole rings is 1. The first-order valence-corrected chi connectivity index (χ1v) is 8.99. The van der Waals surface area contributed by atoms with Gasteiger partial charge < -0.3 is 9.73 Å². The van der Waals surface area contributed by atoms with Crippen LogP contribution >= 0.6 is 0 Å². The number of anilines is 1. The van der Waals surface area contributed by atoms with Crippen molar-refractivity contribution in [1.29, 1.82) is 0 Å². The normalized spacial score (nSPS) is 11.0. The molecule has 0 saturated heterocycles. The fourth-order valence-electron chi connectivity index (χ4n) is 2.90. The number of rotatable bonds is 6. The van der Waals surface area contributed by atoms with E-state index in [9.17, 15) is 4.79 Å². The second kappa shape index (κ2) is 7.45. The summed E-state index contributed by atoms with van der Waals surface area (Å²) in [5, 5.41) is 7.28. The lowest BCUT2D eigenvalue weighted by molar-refractivity contribution is -0.116. The summed E-state index contributed by atoms with van der Waals surface area (Å²) in [7, 11) is 0. The van der Waals surface area contributed by atoms with Gasteiger partial charge in [-0.25, -0.2) is 9.67 Å². The maximum Gasteiger partial charge on any atom is 0.224 e. The Bertz CT molecular complexity index is 1070. The molecule has 0 radical (unpaired) electrons. The van der Waals surface area contributed by atoms with Gasteiger partial charge in [0.05, 0.1) is 11.9 Å². The minimum absolute atomic E-state index is 0.0407. The summed E-state index contributed by atoms with van der Waals surface area (Å²) in [5.41, 5.74) is 4.24. The molecule has 2 aromatic heterocycles. The minimum atomic E-state index is -0.0407. The molecule has 0 spiro atoms. The van der Waals surface area contributed by atoms with E-state index >= 15 is 0 Å². The number of carbonyl (C=O) groups is 1. The molecule has 4 aromatic rings. The fraction of sp³-hybridized carbons (Fsp3) is 0.190. The summed E-state index contributed by atoms with van der Waals surface area (Å²) < 4.78 is 7.40. The van der Waals surface area contributed by atoms with E-state index in [1.807, 2.05) is 66.3 Å². The van der Waals surface area contributed by atoms with Crippen LogP contribution in [0.25, 0.3) is 16.8 Å². The lowest BCUT2D eigenvalue weighted by Crippen LogP contribution is -2.12. The summed E-state index contributed by atoms with van der Waals surface area (Å²) in [6.45, 7) is 1.99. The third-order valence-electron chi connectivity index (χ3n) is 4.32. The highest BCUT2D eigenvalue weighted by molar-refractivity contribution is 5.92. The van der Waals surface area contributed by atoms with Gasteiger partial charge in [0, 0.05) is 24.7 Å². The molecule has 0 unspecified atom stereocenters. The van der Waals surface area contributed by atoms with Gasteiger partial charge in [-0.2, -0.15) is 5.10 Å². The highest BCUT2D eigenvalue weighted by atomic mass is 16.3. The Morgan fingerprint density at radius 2 is 2.04 bits per heavy atom. The van der Waals surface area contributed by atoms with E-state index in [-0.39, 0.29) is 5.91 Å². The summed E-state index contributed by atoms with van der Waals surface area (Å²) in [4.78, 5) is 16.7. The number of nitrogens with one attached hydrogen (secondary N) is 1. The van der Waals surface area contributed by atoms with Crippen molar-refractivity contribution in [1.82, 2.24) is 14.8 Å². The lowest BCUT2D eigenvalue weighted by Gasteiger charge is -2.04. The standard InChI is InChI=1S/C21H20N4O2/c1-2-21-24-18-12-16(9-10-19(18)27-21)23-20(26)11-8-15-13-22-25(14-15)17-6-4-3-5-7-17/h3-7,9-10,12-14H,2,8,11H2,1H3,(H,23,26). The van der Waals surface area contributed by atoms with Crippen LogP contribution in [0.15, 0.2) is 65.3 Å². The summed E-state index contributed by atoms with van der Waals surface area (Å²) in [5.74, 6) is 0.657. The zero-order valence-corrected chi connectivity index (χ0v) is 15.1. The monoisotopic (exact) mass is 360 g/mol. The Morgan fingerprint density at radius 3 is 2.85 bits per heavy atom. The SMILES string of the molecule is CCc1nc2cc(NC(=O)CCc3cnn(-c4ccccc4)c3)ccc2o1. The second-order valence-electron chi connectivity index (χ2n) is 6.32. The van der Waals surface area contributed by atoms with Crippen molar-refractivity contribution >= 4 is 22.7 Å². The van der Waals surface area contributed by atoms with E-state index in [1.54, 1.807) is 6.20 Å². The first kappa shape index (κ1) is 17.0. The van der Waals surface area contributed by atoms with Gasteiger partial charge in [-0.05, 0) is 42.3 Å². The van der Waals surface area contributed by atoms with Gasteiger partial charge in [0.25, 0.3) is 0 Å². The quantitative estimate of drug-likeness (QED) is 0.561. The number of carbonyl (C=O) groups excluding carboxylic acids is 1. The van der Waals surface area contributed by atoms with E-state index in [0.717, 1.165) is 34.5 Å². The first-order valence-electron chi connectivity index (χ1n) is 8.99. The molecule has 0 aliphatic rings. The van der Waals surface area contributed by atoms with Crippen LogP contribution < -0.4 is 5.32 Å². The molecule has 0 bridgehead atoms. The lowest BCUT2D eigenvalue weighted by atomic mass is 10.2. The Balaban J connectivity index is 1.36. The molecule has 0 atom stereocenters. The Labute approximate surface area is 156 Å². The van der Waals surface area contributed by atoms with Crippen LogP contribution in [0.3, 0.4) is 0 Å². The summed E-state index contributed by atoms with van der Waals surface area (Å²) in [6, 6.07) is 15.4. The van der Waals surface area contributed by atoms with Gasteiger partial charge in [-0.3, -0.25) is 4.79 Å². The maximum atomic E-state index is 12.3. The molecule has 136 valence electrons. The zero-order valence-electron chi connectivity index (χ0n) is 15.1. The number of hydrogen-bond donors (Lipinski definition) is 1. The summed E-state index contributed by atoms with van der Waals surface area (Å²) >= 11 is 0. The predicted octanol–water partition coefficient (Wildman–Crippen LogP) is 4.15. The Hall–Kier alpha value is -3.41. The zero-order chi connectivity index (χ0) is 18.6. The van der Waals surface area contributed by atoms with Crippen LogP contribution in [0.4, 0.5) is 5.69 Å². The number of aryl methyl sites for hydroxylation is 2. The van der Waals surface area contributed by atoms with Crippen LogP contribution in [0, 0.1) is 0 Å². The van der Waals surface area contributed by atoms with Gasteiger partial charge in [0.1, 0.15) is 5.52 Å². The van der Waals surface area contributed by atoms with Crippen molar-refractivity contribution in [3.63, 3.8) is 0 Å². The number of para-hydroxylation sites is 1. The fourth-order valence-corrected chi connectivity index (χ4v) is 2.90. The van der Waals surface area contributed by atoms with Crippen molar-refractivity contribution in [2.24, 2.45) is 0 Å². The van der Waals surface area contributed by atoms with Gasteiger partial charge in [0.2, 0.25) is 5.91 Å². The first-order chi connectivity index (χ1) is 13.2. The Morgan fingerprint density at radius 1 is 1.19 bits per heavy atom. The number of amides is 1. The number of benzene rings is 2. The smallest absolute Gasteiger partial charge is 0.224 e. The Kier molecular flexibility index (Phi) is 4.70. The van der Waals surface area contributed by atoms with Crippen molar-refractivity contribution in [3.8, 4) is 5.69 Å². The van der Waals surface area contributed by atoms with Gasteiger partial charge in [-0.1, -0.05) is 25.1 Å². The molecule has 27 heavy (non-hydrogen) atoms. The molecule has 0 aliphatic carbocycles. The van der Waals surface area contributed by atoms with Gasteiger partial charge in [0.15, 0.2) is 11.5 Å². The number of nitrogens with zero attached hydrogens (tertiary/aromatic N) is 3. The van der Waals surface area contributed by atoms with Crippen LogP contribution in [-0.2, 0) is 17.6 Å². The van der Waals surface area contributed by atoms with Crippen molar-refractivity contribution in [2.75, 3.05) is 5.32 Å². The molecule has 0 aliphatic heterocycles. The molecular formula is C21H20N4O2. The highest BCUT2D eigenvalue weighted by Crippen LogP contribution is 2.20. The average molecular weight is 360 g/mol. The van der Waals surface area contributed by atoms with Crippen LogP contribution in [0.5, 0.6) is 0 Å². The van der Waals surface area contributed by atoms with E-state index in [0.29, 0.717) is 18.7 Å². The molecule has 0 saturated carbocycles. The van der Waals surface area contributed by atoms with Gasteiger partial charge >= 0.3 is 0 Å². The third kappa shape index (κ3) is 3.89. The molecule has 0 fully saturated rings. The van der Waals surface area contributed by atoms with Crippen molar-refractivity contribution in [2.45, 2.75) is 26.2 Å². The predicted molar refractivity (Wildman–Crippen MR) is 104 cm³/mol. The second-order valence-corrected chi connectivity index (χ2v) is 6.32. The minimum Gasteiger partial charge on any atom is -0.441 e.